The first-order valence-electron chi connectivity index (χ1n) is 6.45. The molecule has 0 aliphatic rings. The minimum Gasteiger partial charge on any atom is -0.210 e. The van der Waals surface area contributed by atoms with E-state index in [0.29, 0.717) is 5.75 Å². The molecule has 0 aliphatic carbocycles. The van der Waals surface area contributed by atoms with E-state index in [2.05, 4.69) is 4.72 Å². The molecule has 112 valence electrons. The largest absolute Gasteiger partial charge is 0.243 e. The van der Waals surface area contributed by atoms with Crippen molar-refractivity contribution < 1.29 is 12.8 Å². The molecule has 3 nitrogen and oxygen atoms in total. The summed E-state index contributed by atoms with van der Waals surface area (Å²) >= 11 is 1.63. The first-order valence-corrected chi connectivity index (χ1v) is 9.09. The van der Waals surface area contributed by atoms with Crippen LogP contribution in [-0.2, 0) is 15.8 Å². The zero-order chi connectivity index (χ0) is 15.1. The molecule has 2 aromatic carbocycles. The summed E-state index contributed by atoms with van der Waals surface area (Å²) in [6, 6.07) is 15.3. The summed E-state index contributed by atoms with van der Waals surface area (Å²) < 4.78 is 39.7. The highest BCUT2D eigenvalue weighted by atomic mass is 32.2. The van der Waals surface area contributed by atoms with Crippen LogP contribution in [0, 0.1) is 5.82 Å². The number of thioether (sulfide) groups is 1. The summed E-state index contributed by atoms with van der Waals surface area (Å²) in [6.07, 6.45) is 0. The minimum absolute atomic E-state index is 0.272. The zero-order valence-corrected chi connectivity index (χ0v) is 13.0. The van der Waals surface area contributed by atoms with Gasteiger partial charge < -0.3 is 0 Å². The van der Waals surface area contributed by atoms with Crippen LogP contribution in [0.25, 0.3) is 0 Å². The van der Waals surface area contributed by atoms with Gasteiger partial charge in [-0.1, -0.05) is 42.5 Å². The van der Waals surface area contributed by atoms with E-state index < -0.39 is 15.8 Å². The second-order valence-corrected chi connectivity index (χ2v) is 7.21. The molecule has 0 spiro atoms. The number of hydrogen-bond acceptors (Lipinski definition) is 3. The highest BCUT2D eigenvalue weighted by molar-refractivity contribution is 7.98. The molecule has 2 aromatic rings. The predicted octanol–water partition coefficient (Wildman–Crippen LogP) is 3.04. The maximum absolute atomic E-state index is 13.5. The van der Waals surface area contributed by atoms with Gasteiger partial charge in [-0.2, -0.15) is 11.8 Å². The summed E-state index contributed by atoms with van der Waals surface area (Å²) in [4.78, 5) is -0.307. The highest BCUT2D eigenvalue weighted by Crippen LogP contribution is 2.14. The third kappa shape index (κ3) is 4.84. The van der Waals surface area contributed by atoms with Crippen molar-refractivity contribution in [1.29, 1.82) is 0 Å². The van der Waals surface area contributed by atoms with Crippen LogP contribution in [-0.4, -0.2) is 20.7 Å². The molecular formula is C15H16FNO2S2. The van der Waals surface area contributed by atoms with Gasteiger partial charge in [-0.3, -0.25) is 0 Å². The number of rotatable bonds is 7. The van der Waals surface area contributed by atoms with E-state index in [0.717, 1.165) is 11.8 Å². The summed E-state index contributed by atoms with van der Waals surface area (Å²) in [7, 11) is -3.77. The molecule has 0 bridgehead atoms. The monoisotopic (exact) mass is 325 g/mol. The van der Waals surface area contributed by atoms with Crippen LogP contribution in [0.3, 0.4) is 0 Å². The SMILES string of the molecule is O=S(=O)(NCCSCc1ccccc1)c1ccccc1F. The van der Waals surface area contributed by atoms with E-state index in [9.17, 15) is 12.8 Å². The van der Waals surface area contributed by atoms with E-state index in [4.69, 9.17) is 0 Å². The predicted molar refractivity (Wildman–Crippen MR) is 84.2 cm³/mol. The Morgan fingerprint density at radius 3 is 2.38 bits per heavy atom. The van der Waals surface area contributed by atoms with Crippen molar-refractivity contribution in [3.05, 3.63) is 66.0 Å². The Kier molecular flexibility index (Phi) is 5.78. The van der Waals surface area contributed by atoms with Crippen molar-refractivity contribution in [3.8, 4) is 0 Å². The fraction of sp³-hybridized carbons (Fsp3) is 0.200. The van der Waals surface area contributed by atoms with Gasteiger partial charge in [0.1, 0.15) is 10.7 Å². The molecule has 21 heavy (non-hydrogen) atoms. The topological polar surface area (TPSA) is 46.2 Å². The van der Waals surface area contributed by atoms with Gasteiger partial charge in [-0.15, -0.1) is 0 Å². The highest BCUT2D eigenvalue weighted by Gasteiger charge is 2.17. The Morgan fingerprint density at radius 1 is 1.00 bits per heavy atom. The second-order valence-electron chi connectivity index (χ2n) is 4.37. The zero-order valence-electron chi connectivity index (χ0n) is 11.3. The lowest BCUT2D eigenvalue weighted by molar-refractivity contribution is 0.559. The average Bonchev–Trinajstić information content (AvgIpc) is 2.48. The fourth-order valence-corrected chi connectivity index (χ4v) is 3.81. The van der Waals surface area contributed by atoms with Crippen molar-refractivity contribution >= 4 is 21.8 Å². The molecule has 0 atom stereocenters. The molecule has 2 rings (SSSR count). The van der Waals surface area contributed by atoms with Crippen molar-refractivity contribution in [1.82, 2.24) is 4.72 Å². The quantitative estimate of drug-likeness (QED) is 0.796. The van der Waals surface area contributed by atoms with Gasteiger partial charge in [0.2, 0.25) is 10.0 Å². The van der Waals surface area contributed by atoms with Gasteiger partial charge in [0.15, 0.2) is 0 Å². The van der Waals surface area contributed by atoms with Crippen LogP contribution in [0.4, 0.5) is 4.39 Å². The van der Waals surface area contributed by atoms with Gasteiger partial charge >= 0.3 is 0 Å². The van der Waals surface area contributed by atoms with E-state index in [1.54, 1.807) is 11.8 Å². The molecule has 0 aliphatic heterocycles. The number of benzene rings is 2. The molecule has 6 heteroatoms. The first kappa shape index (κ1) is 16.0. The van der Waals surface area contributed by atoms with Gasteiger partial charge in [0, 0.05) is 18.1 Å². The lowest BCUT2D eigenvalue weighted by Crippen LogP contribution is -2.26. The normalized spacial score (nSPS) is 11.5. The molecule has 0 saturated heterocycles. The number of nitrogens with one attached hydrogen (secondary N) is 1. The Labute approximate surface area is 128 Å². The van der Waals surface area contributed by atoms with Gasteiger partial charge in [0.25, 0.3) is 0 Å². The van der Waals surface area contributed by atoms with Crippen LogP contribution >= 0.6 is 11.8 Å². The van der Waals surface area contributed by atoms with Crippen molar-refractivity contribution in [2.45, 2.75) is 10.6 Å². The van der Waals surface area contributed by atoms with Crippen LogP contribution in [0.15, 0.2) is 59.5 Å². The van der Waals surface area contributed by atoms with Crippen LogP contribution < -0.4 is 4.72 Å². The third-order valence-electron chi connectivity index (χ3n) is 2.78. The number of halogens is 1. The molecule has 0 saturated carbocycles. The van der Waals surface area contributed by atoms with Crippen LogP contribution in [0.1, 0.15) is 5.56 Å². The summed E-state index contributed by atoms with van der Waals surface area (Å²) in [5, 5.41) is 0. The Morgan fingerprint density at radius 2 is 1.67 bits per heavy atom. The van der Waals surface area contributed by atoms with Crippen molar-refractivity contribution in [3.63, 3.8) is 0 Å². The lowest BCUT2D eigenvalue weighted by atomic mass is 10.2. The second kappa shape index (κ2) is 7.59. The van der Waals surface area contributed by atoms with E-state index >= 15 is 0 Å². The van der Waals surface area contributed by atoms with Gasteiger partial charge in [-0.05, 0) is 17.7 Å². The number of hydrogen-bond donors (Lipinski definition) is 1. The van der Waals surface area contributed by atoms with Crippen LogP contribution in [0.5, 0.6) is 0 Å². The third-order valence-corrected chi connectivity index (χ3v) is 5.30. The Bertz CT molecular complexity index is 675. The molecule has 0 heterocycles. The molecule has 1 N–H and O–H groups in total. The van der Waals surface area contributed by atoms with Crippen molar-refractivity contribution in [2.75, 3.05) is 12.3 Å². The van der Waals surface area contributed by atoms with E-state index in [-0.39, 0.29) is 11.4 Å². The summed E-state index contributed by atoms with van der Waals surface area (Å²) in [5.74, 6) is 0.715. The van der Waals surface area contributed by atoms with Crippen molar-refractivity contribution in [2.24, 2.45) is 0 Å². The molecular weight excluding hydrogens is 309 g/mol. The summed E-state index contributed by atoms with van der Waals surface area (Å²) in [5.41, 5.74) is 1.19. The molecule has 0 aromatic heterocycles. The molecule has 0 unspecified atom stereocenters. The van der Waals surface area contributed by atoms with E-state index in [1.807, 2.05) is 30.3 Å². The Balaban J connectivity index is 1.79. The molecule has 0 radical (unpaired) electrons. The molecule has 0 fully saturated rings. The van der Waals surface area contributed by atoms with Crippen LogP contribution in [0.2, 0.25) is 0 Å². The fourth-order valence-electron chi connectivity index (χ4n) is 1.75. The minimum atomic E-state index is -3.77. The maximum atomic E-state index is 13.5. The average molecular weight is 325 g/mol. The standard InChI is InChI=1S/C15H16FNO2S2/c16-14-8-4-5-9-15(14)21(18,19)17-10-11-20-12-13-6-2-1-3-7-13/h1-9,17H,10-12H2. The maximum Gasteiger partial charge on any atom is 0.243 e. The van der Waals surface area contributed by atoms with E-state index in [1.165, 1.54) is 23.8 Å². The summed E-state index contributed by atoms with van der Waals surface area (Å²) in [6.45, 7) is 0.272. The first-order chi connectivity index (χ1) is 10.1. The Hall–Kier alpha value is -1.37. The number of sulfonamides is 1. The molecule has 0 amide bonds. The van der Waals surface area contributed by atoms with Gasteiger partial charge in [-0.25, -0.2) is 17.5 Å². The lowest BCUT2D eigenvalue weighted by Gasteiger charge is -2.07. The smallest absolute Gasteiger partial charge is 0.210 e. The van der Waals surface area contributed by atoms with Gasteiger partial charge in [0.05, 0.1) is 0 Å².